The van der Waals surface area contributed by atoms with Crippen molar-refractivity contribution in [1.29, 1.82) is 0 Å². The summed E-state index contributed by atoms with van der Waals surface area (Å²) in [5, 5.41) is 11.5. The Hall–Kier alpha value is -3.24. The third-order valence-electron chi connectivity index (χ3n) is 6.56. The number of rotatable bonds is 5. The summed E-state index contributed by atoms with van der Waals surface area (Å²) in [4.78, 5) is 17.1. The van der Waals surface area contributed by atoms with Crippen molar-refractivity contribution < 1.29 is 27.8 Å². The van der Waals surface area contributed by atoms with Gasteiger partial charge in [0.2, 0.25) is 0 Å². The molecule has 1 saturated carbocycles. The van der Waals surface area contributed by atoms with Gasteiger partial charge in [-0.3, -0.25) is 0 Å². The summed E-state index contributed by atoms with van der Waals surface area (Å²) in [6.07, 6.45) is -2.54. The smallest absolute Gasteiger partial charge is 0.487 e. The van der Waals surface area contributed by atoms with Gasteiger partial charge in [0.25, 0.3) is 0 Å². The number of halogens is 3. The standard InChI is InChI=1S/C27H26F3NO3S.O2/c28-27(29,30)34-20-12-14-21(15-13-20)35-17-19-7-5-10-24(26(19)32)31-22-8-2-1-6-18(22)16-33-25-11-4-3-9-23(25)31;1-2/h1-4,6,8-9,11-15,19,24,26,32H,5,7,10,16-17H2;. The monoisotopic (exact) mass is 533 g/mol. The average Bonchev–Trinajstić information content (AvgIpc) is 3.06. The molecule has 0 radical (unpaired) electrons. The lowest BCUT2D eigenvalue weighted by Gasteiger charge is -2.42. The van der Waals surface area contributed by atoms with E-state index >= 15 is 0 Å². The largest absolute Gasteiger partial charge is 0.573 e. The fraction of sp³-hybridized carbons (Fsp3) is 0.333. The van der Waals surface area contributed by atoms with E-state index in [1.165, 1.54) is 12.1 Å². The van der Waals surface area contributed by atoms with Crippen molar-refractivity contribution in [3.63, 3.8) is 0 Å². The van der Waals surface area contributed by atoms with E-state index in [0.717, 1.165) is 46.8 Å². The molecule has 3 aromatic carbocycles. The van der Waals surface area contributed by atoms with E-state index in [1.807, 2.05) is 36.4 Å². The first-order valence-electron chi connectivity index (χ1n) is 11.8. The van der Waals surface area contributed by atoms with Crippen molar-refractivity contribution in [3.05, 3.63) is 88.3 Å². The maximum atomic E-state index is 12.4. The number of benzene rings is 3. The fourth-order valence-electron chi connectivity index (χ4n) is 4.94. The molecule has 1 aliphatic carbocycles. The van der Waals surface area contributed by atoms with Crippen LogP contribution in [0, 0.1) is 15.8 Å². The Morgan fingerprint density at radius 1 is 0.946 bits per heavy atom. The molecule has 1 N–H and O–H groups in total. The van der Waals surface area contributed by atoms with Gasteiger partial charge in [-0.25, -0.2) is 0 Å². The van der Waals surface area contributed by atoms with Crippen LogP contribution in [0.5, 0.6) is 11.5 Å². The lowest BCUT2D eigenvalue weighted by Crippen LogP contribution is -2.48. The molecule has 1 heterocycles. The van der Waals surface area contributed by atoms with Crippen LogP contribution in [0.4, 0.5) is 24.5 Å². The highest BCUT2D eigenvalue weighted by Gasteiger charge is 2.38. The molecular weight excluding hydrogens is 507 g/mol. The molecule has 6 nitrogen and oxygen atoms in total. The van der Waals surface area contributed by atoms with Gasteiger partial charge in [0.05, 0.1) is 17.8 Å². The first-order valence-corrected chi connectivity index (χ1v) is 12.8. The maximum Gasteiger partial charge on any atom is 0.573 e. The summed E-state index contributed by atoms with van der Waals surface area (Å²) in [6, 6.07) is 21.9. The number of hydrogen-bond acceptors (Lipinski definition) is 7. The minimum atomic E-state index is -4.70. The van der Waals surface area contributed by atoms with Crippen molar-refractivity contribution in [1.82, 2.24) is 0 Å². The Labute approximate surface area is 216 Å². The van der Waals surface area contributed by atoms with E-state index in [2.05, 4.69) is 21.8 Å². The Balaban J connectivity index is 0.00000156. The quantitative estimate of drug-likeness (QED) is 0.354. The van der Waals surface area contributed by atoms with E-state index in [1.54, 1.807) is 23.9 Å². The first-order chi connectivity index (χ1) is 17.9. The van der Waals surface area contributed by atoms with E-state index < -0.39 is 12.5 Å². The van der Waals surface area contributed by atoms with Crippen LogP contribution in [0.1, 0.15) is 24.8 Å². The molecule has 196 valence electrons. The Morgan fingerprint density at radius 2 is 1.62 bits per heavy atom. The molecule has 37 heavy (non-hydrogen) atoms. The Morgan fingerprint density at radius 3 is 2.35 bits per heavy atom. The van der Waals surface area contributed by atoms with Crippen molar-refractivity contribution in [3.8, 4) is 11.5 Å². The van der Waals surface area contributed by atoms with Gasteiger partial charge in [-0.05, 0) is 61.2 Å². The van der Waals surface area contributed by atoms with Crippen LogP contribution in [-0.2, 0) is 6.61 Å². The van der Waals surface area contributed by atoms with Gasteiger partial charge in [0, 0.05) is 31.8 Å². The number of hydrogen-bond donors (Lipinski definition) is 1. The lowest BCUT2D eigenvalue weighted by atomic mass is 9.82. The number of nitrogens with zero attached hydrogens (tertiary/aromatic N) is 1. The molecule has 5 rings (SSSR count). The zero-order chi connectivity index (χ0) is 26.4. The van der Waals surface area contributed by atoms with Crippen molar-refractivity contribution in [2.24, 2.45) is 5.92 Å². The third-order valence-corrected chi connectivity index (χ3v) is 7.76. The van der Waals surface area contributed by atoms with Crippen molar-refractivity contribution in [2.75, 3.05) is 10.7 Å². The van der Waals surface area contributed by atoms with Crippen LogP contribution in [0.3, 0.4) is 0 Å². The van der Waals surface area contributed by atoms with Crippen LogP contribution < -0.4 is 14.4 Å². The first kappa shape index (κ1) is 26.8. The van der Waals surface area contributed by atoms with E-state index in [4.69, 9.17) is 14.7 Å². The summed E-state index contributed by atoms with van der Waals surface area (Å²) in [6.45, 7) is 0.472. The van der Waals surface area contributed by atoms with Gasteiger partial charge in [-0.2, -0.15) is 0 Å². The second kappa shape index (κ2) is 11.9. The summed E-state index contributed by atoms with van der Waals surface area (Å²) in [5.41, 5.74) is 3.08. The van der Waals surface area contributed by atoms with Crippen LogP contribution in [0.15, 0.2) is 77.7 Å². The van der Waals surface area contributed by atoms with Gasteiger partial charge in [-0.1, -0.05) is 36.8 Å². The zero-order valence-electron chi connectivity index (χ0n) is 19.8. The minimum Gasteiger partial charge on any atom is -0.487 e. The van der Waals surface area contributed by atoms with E-state index in [9.17, 15) is 18.3 Å². The van der Waals surface area contributed by atoms with E-state index in [-0.39, 0.29) is 17.7 Å². The lowest BCUT2D eigenvalue weighted by molar-refractivity contribution is -0.274. The zero-order valence-corrected chi connectivity index (χ0v) is 20.6. The molecule has 3 unspecified atom stereocenters. The molecule has 1 fully saturated rings. The highest BCUT2D eigenvalue weighted by molar-refractivity contribution is 7.99. The molecule has 0 saturated heterocycles. The van der Waals surface area contributed by atoms with Gasteiger partial charge in [-0.15, -0.1) is 24.9 Å². The van der Waals surface area contributed by atoms with Gasteiger partial charge < -0.3 is 19.5 Å². The average molecular weight is 534 g/mol. The van der Waals surface area contributed by atoms with E-state index in [0.29, 0.717) is 12.4 Å². The normalized spacial score (nSPS) is 20.9. The number of alkyl halides is 3. The topological polar surface area (TPSA) is 76.1 Å². The number of fused-ring (bicyclic) bond motifs is 2. The summed E-state index contributed by atoms with van der Waals surface area (Å²) in [5.74, 6) is 1.28. The number of anilines is 2. The highest BCUT2D eigenvalue weighted by Crippen LogP contribution is 2.44. The number of thioether (sulfide) groups is 1. The van der Waals surface area contributed by atoms with Crippen molar-refractivity contribution >= 4 is 23.1 Å². The highest BCUT2D eigenvalue weighted by atomic mass is 32.2. The minimum absolute atomic E-state index is 0.0494. The molecule has 3 aromatic rings. The Kier molecular flexibility index (Phi) is 8.60. The van der Waals surface area contributed by atoms with Gasteiger partial charge in [0.15, 0.2) is 0 Å². The van der Waals surface area contributed by atoms with Crippen LogP contribution >= 0.6 is 11.8 Å². The SMILES string of the molecule is O=O.OC1C(CSc2ccc(OC(F)(F)F)cc2)CCCC1N1c2ccccc2COc2ccccc21. The second-order valence-electron chi connectivity index (χ2n) is 8.83. The van der Waals surface area contributed by atoms with Gasteiger partial charge in [0.1, 0.15) is 18.1 Å². The number of aliphatic hydroxyl groups excluding tert-OH is 1. The number of ether oxygens (including phenoxy) is 2. The van der Waals surface area contributed by atoms with Crippen LogP contribution in [-0.4, -0.2) is 29.4 Å². The maximum absolute atomic E-state index is 12.4. The summed E-state index contributed by atoms with van der Waals surface area (Å²) < 4.78 is 47.3. The molecule has 1 aliphatic heterocycles. The predicted octanol–water partition coefficient (Wildman–Crippen LogP) is 7.00. The third kappa shape index (κ3) is 6.37. The van der Waals surface area contributed by atoms with Crippen LogP contribution in [0.2, 0.25) is 0 Å². The molecule has 0 bridgehead atoms. The predicted molar refractivity (Wildman–Crippen MR) is 137 cm³/mol. The fourth-order valence-corrected chi connectivity index (χ4v) is 6.04. The van der Waals surface area contributed by atoms with Crippen LogP contribution in [0.25, 0.3) is 0 Å². The molecular formula is C27H26F3NO5S. The number of para-hydroxylation sites is 3. The Bertz CT molecular complexity index is 1130. The summed E-state index contributed by atoms with van der Waals surface area (Å²) in [7, 11) is 0. The molecule has 10 heteroatoms. The van der Waals surface area contributed by atoms with Crippen molar-refractivity contribution in [2.45, 2.75) is 49.3 Å². The molecule has 0 spiro atoms. The molecule has 3 atom stereocenters. The van der Waals surface area contributed by atoms with Gasteiger partial charge >= 0.3 is 6.36 Å². The number of aliphatic hydroxyl groups is 1. The molecule has 0 aromatic heterocycles. The summed E-state index contributed by atoms with van der Waals surface area (Å²) >= 11 is 1.54. The second-order valence-corrected chi connectivity index (χ2v) is 9.93. The molecule has 0 amide bonds. The molecule has 2 aliphatic rings.